The van der Waals surface area contributed by atoms with Gasteiger partial charge in [0.05, 0.1) is 5.56 Å². The lowest BCUT2D eigenvalue weighted by Gasteiger charge is -2.09. The molecule has 110 valence electrons. The normalized spacial score (nSPS) is 10.9. The van der Waals surface area contributed by atoms with Gasteiger partial charge >= 0.3 is 0 Å². The van der Waals surface area contributed by atoms with Gasteiger partial charge in [-0.3, -0.25) is 9.59 Å². The van der Waals surface area contributed by atoms with Crippen LogP contribution in [-0.2, 0) is 0 Å². The van der Waals surface area contributed by atoms with Gasteiger partial charge in [-0.05, 0) is 50.1 Å². The number of hydrogen-bond acceptors (Lipinski definition) is 2. The Morgan fingerprint density at radius 3 is 2.41 bits per heavy atom. The molecular weight excluding hydrogens is 274 g/mol. The average Bonchev–Trinajstić information content (AvgIpc) is 2.50. The zero-order chi connectivity index (χ0) is 15.9. The summed E-state index contributed by atoms with van der Waals surface area (Å²) in [6, 6.07) is 12.8. The van der Waals surface area contributed by atoms with Gasteiger partial charge in [0.25, 0.3) is 0 Å². The Morgan fingerprint density at radius 2 is 1.68 bits per heavy atom. The standard InChI is InChI=1S/C19H17NO2/c1-11-8-9-14(10-12(11)2)18(21)17-13(3)20-16-7-5-4-6-15(16)19(17)22/h4-10H,1-3H3,(H,20,22). The lowest BCUT2D eigenvalue weighted by atomic mass is 9.97. The smallest absolute Gasteiger partial charge is 0.200 e. The highest BCUT2D eigenvalue weighted by Crippen LogP contribution is 2.16. The summed E-state index contributed by atoms with van der Waals surface area (Å²) in [5, 5.41) is 0.542. The van der Waals surface area contributed by atoms with Crippen molar-refractivity contribution in [3.8, 4) is 0 Å². The van der Waals surface area contributed by atoms with Crippen LogP contribution in [0.15, 0.2) is 47.3 Å². The zero-order valence-corrected chi connectivity index (χ0v) is 12.9. The van der Waals surface area contributed by atoms with Gasteiger partial charge in [0.15, 0.2) is 5.78 Å². The van der Waals surface area contributed by atoms with E-state index in [0.717, 1.165) is 16.6 Å². The number of rotatable bonds is 2. The van der Waals surface area contributed by atoms with Crippen molar-refractivity contribution in [1.29, 1.82) is 0 Å². The van der Waals surface area contributed by atoms with Crippen molar-refractivity contribution in [3.05, 3.63) is 80.6 Å². The van der Waals surface area contributed by atoms with Crippen LogP contribution in [0.5, 0.6) is 0 Å². The predicted octanol–water partition coefficient (Wildman–Crippen LogP) is 3.68. The van der Waals surface area contributed by atoms with Crippen molar-refractivity contribution in [2.45, 2.75) is 20.8 Å². The van der Waals surface area contributed by atoms with E-state index in [1.54, 1.807) is 25.1 Å². The molecule has 3 aromatic rings. The maximum atomic E-state index is 12.8. The van der Waals surface area contributed by atoms with E-state index in [1.165, 1.54) is 0 Å². The van der Waals surface area contributed by atoms with Crippen LogP contribution in [0.2, 0.25) is 0 Å². The van der Waals surface area contributed by atoms with Crippen molar-refractivity contribution < 1.29 is 4.79 Å². The second-order valence-corrected chi connectivity index (χ2v) is 5.63. The Hall–Kier alpha value is -2.68. The molecule has 3 rings (SSSR count). The summed E-state index contributed by atoms with van der Waals surface area (Å²) in [7, 11) is 0. The molecule has 2 aromatic carbocycles. The molecule has 0 atom stereocenters. The third-order valence-corrected chi connectivity index (χ3v) is 4.09. The third kappa shape index (κ3) is 2.25. The van der Waals surface area contributed by atoms with Gasteiger partial charge < -0.3 is 4.98 Å². The van der Waals surface area contributed by atoms with Crippen LogP contribution in [0.25, 0.3) is 10.9 Å². The highest BCUT2D eigenvalue weighted by Gasteiger charge is 2.18. The van der Waals surface area contributed by atoms with Crippen molar-refractivity contribution in [3.63, 3.8) is 0 Å². The molecule has 0 aliphatic carbocycles. The number of ketones is 1. The largest absolute Gasteiger partial charge is 0.358 e. The fraction of sp³-hybridized carbons (Fsp3) is 0.158. The molecule has 0 radical (unpaired) electrons. The van der Waals surface area contributed by atoms with Crippen LogP contribution in [0.4, 0.5) is 0 Å². The Balaban J connectivity index is 2.23. The number of carbonyl (C=O) groups is 1. The highest BCUT2D eigenvalue weighted by molar-refractivity contribution is 6.11. The second-order valence-electron chi connectivity index (χ2n) is 5.63. The molecule has 0 amide bonds. The summed E-state index contributed by atoms with van der Waals surface area (Å²) in [4.78, 5) is 28.6. The lowest BCUT2D eigenvalue weighted by Crippen LogP contribution is -2.19. The number of H-pyrrole nitrogens is 1. The Bertz CT molecular complexity index is 951. The molecule has 0 saturated heterocycles. The molecule has 1 aromatic heterocycles. The van der Waals surface area contributed by atoms with Crippen molar-refractivity contribution in [2.24, 2.45) is 0 Å². The van der Waals surface area contributed by atoms with Crippen LogP contribution in [-0.4, -0.2) is 10.8 Å². The van der Waals surface area contributed by atoms with Crippen LogP contribution in [0, 0.1) is 20.8 Å². The summed E-state index contributed by atoms with van der Waals surface area (Å²) in [5.41, 5.74) is 4.08. The monoisotopic (exact) mass is 291 g/mol. The summed E-state index contributed by atoms with van der Waals surface area (Å²) >= 11 is 0. The van der Waals surface area contributed by atoms with E-state index >= 15 is 0 Å². The number of benzene rings is 2. The third-order valence-electron chi connectivity index (χ3n) is 4.09. The van der Waals surface area contributed by atoms with E-state index in [4.69, 9.17) is 0 Å². The SMILES string of the molecule is Cc1ccc(C(=O)c2c(C)[nH]c3ccccc3c2=O)cc1C. The fourth-order valence-electron chi connectivity index (χ4n) is 2.66. The van der Waals surface area contributed by atoms with Gasteiger partial charge in [-0.25, -0.2) is 0 Å². The summed E-state index contributed by atoms with van der Waals surface area (Å²) in [6.07, 6.45) is 0. The first kappa shape index (κ1) is 14.3. The number of aromatic amines is 1. The van der Waals surface area contributed by atoms with Gasteiger partial charge in [0.1, 0.15) is 0 Å². The van der Waals surface area contributed by atoms with Crippen LogP contribution >= 0.6 is 0 Å². The molecule has 1 N–H and O–H groups in total. The topological polar surface area (TPSA) is 49.9 Å². The summed E-state index contributed by atoms with van der Waals surface area (Å²) in [6.45, 7) is 5.73. The highest BCUT2D eigenvalue weighted by atomic mass is 16.1. The number of nitrogens with one attached hydrogen (secondary N) is 1. The first-order valence-corrected chi connectivity index (χ1v) is 7.22. The minimum atomic E-state index is -0.229. The molecule has 3 heteroatoms. The van der Waals surface area contributed by atoms with Gasteiger partial charge in [0.2, 0.25) is 5.43 Å². The van der Waals surface area contributed by atoms with Crippen LogP contribution < -0.4 is 5.43 Å². The zero-order valence-electron chi connectivity index (χ0n) is 12.9. The minimum absolute atomic E-state index is 0.213. The van der Waals surface area contributed by atoms with Crippen LogP contribution in [0.3, 0.4) is 0 Å². The van der Waals surface area contributed by atoms with E-state index < -0.39 is 0 Å². The molecule has 0 saturated carbocycles. The van der Waals surface area contributed by atoms with Gasteiger partial charge in [-0.15, -0.1) is 0 Å². The molecule has 22 heavy (non-hydrogen) atoms. The molecular formula is C19H17NO2. The van der Waals surface area contributed by atoms with Gasteiger partial charge in [0, 0.05) is 22.2 Å². The first-order valence-electron chi connectivity index (χ1n) is 7.22. The van der Waals surface area contributed by atoms with Gasteiger partial charge in [-0.1, -0.05) is 24.3 Å². The van der Waals surface area contributed by atoms with Gasteiger partial charge in [-0.2, -0.15) is 0 Å². The molecule has 0 bridgehead atoms. The van der Waals surface area contributed by atoms with Crippen molar-refractivity contribution >= 4 is 16.7 Å². The number of fused-ring (bicyclic) bond motifs is 1. The molecule has 0 unspecified atom stereocenters. The first-order chi connectivity index (χ1) is 10.5. The number of aromatic nitrogens is 1. The number of hydrogen-bond donors (Lipinski definition) is 1. The van der Waals surface area contributed by atoms with E-state index in [2.05, 4.69) is 4.98 Å². The second kappa shape index (κ2) is 5.26. The average molecular weight is 291 g/mol. The summed E-state index contributed by atoms with van der Waals surface area (Å²) < 4.78 is 0. The quantitative estimate of drug-likeness (QED) is 0.732. The number of aryl methyl sites for hydroxylation is 3. The maximum Gasteiger partial charge on any atom is 0.200 e. The molecule has 1 heterocycles. The van der Waals surface area contributed by atoms with Crippen LogP contribution in [0.1, 0.15) is 32.7 Å². The fourth-order valence-corrected chi connectivity index (χ4v) is 2.66. The molecule has 0 aliphatic heterocycles. The van der Waals surface area contributed by atoms with Crippen molar-refractivity contribution in [1.82, 2.24) is 4.98 Å². The van der Waals surface area contributed by atoms with E-state index in [1.807, 2.05) is 38.1 Å². The maximum absolute atomic E-state index is 12.8. The molecule has 0 aliphatic rings. The predicted molar refractivity (Wildman–Crippen MR) is 88.7 cm³/mol. The minimum Gasteiger partial charge on any atom is -0.358 e. The number of carbonyl (C=O) groups excluding carboxylic acids is 1. The van der Waals surface area contributed by atoms with Crippen molar-refractivity contribution in [2.75, 3.05) is 0 Å². The molecule has 0 fully saturated rings. The lowest BCUT2D eigenvalue weighted by molar-refractivity contribution is 0.103. The number of pyridine rings is 1. The Labute approximate surface area is 128 Å². The molecule has 3 nitrogen and oxygen atoms in total. The van der Waals surface area contributed by atoms with E-state index in [9.17, 15) is 9.59 Å². The molecule has 0 spiro atoms. The Kier molecular flexibility index (Phi) is 3.41. The summed E-state index contributed by atoms with van der Waals surface area (Å²) in [5.74, 6) is -0.229. The number of para-hydroxylation sites is 1. The van der Waals surface area contributed by atoms with E-state index in [-0.39, 0.29) is 16.8 Å². The Morgan fingerprint density at radius 1 is 0.955 bits per heavy atom. The van der Waals surface area contributed by atoms with E-state index in [0.29, 0.717) is 16.6 Å².